The molecule has 2 N–H and O–H groups in total. The number of benzene rings is 1. The van der Waals surface area contributed by atoms with Crippen molar-refractivity contribution in [3.8, 4) is 6.07 Å². The Morgan fingerprint density at radius 2 is 2.12 bits per heavy atom. The summed E-state index contributed by atoms with van der Waals surface area (Å²) in [6, 6.07) is 6.21. The van der Waals surface area contributed by atoms with Crippen molar-refractivity contribution in [1.29, 1.82) is 5.26 Å². The van der Waals surface area contributed by atoms with Gasteiger partial charge in [0.1, 0.15) is 11.0 Å². The number of anilines is 1. The summed E-state index contributed by atoms with van der Waals surface area (Å²) in [7, 11) is -2.03. The van der Waals surface area contributed by atoms with E-state index in [1.807, 2.05) is 6.07 Å². The van der Waals surface area contributed by atoms with Crippen LogP contribution in [0.4, 0.5) is 5.69 Å². The summed E-state index contributed by atoms with van der Waals surface area (Å²) in [5, 5.41) is 8.95. The third-order valence-corrected chi connectivity index (χ3v) is 4.81. The summed E-state index contributed by atoms with van der Waals surface area (Å²) in [6.45, 7) is 0. The SMILES string of the molecule is CN(C1CC1)S(=O)(=O)c1ccc(N)cc1C#N. The molecule has 5 nitrogen and oxygen atoms in total. The Labute approximate surface area is 101 Å². The minimum Gasteiger partial charge on any atom is -0.399 e. The molecule has 1 aromatic rings. The van der Waals surface area contributed by atoms with Crippen LogP contribution in [0, 0.1) is 11.3 Å². The van der Waals surface area contributed by atoms with Crippen molar-refractivity contribution in [3.05, 3.63) is 23.8 Å². The molecule has 1 saturated carbocycles. The van der Waals surface area contributed by atoms with Crippen molar-refractivity contribution >= 4 is 15.7 Å². The monoisotopic (exact) mass is 251 g/mol. The highest BCUT2D eigenvalue weighted by Gasteiger charge is 2.36. The molecule has 1 aromatic carbocycles. The molecule has 1 fully saturated rings. The van der Waals surface area contributed by atoms with Crippen molar-refractivity contribution in [1.82, 2.24) is 4.31 Å². The van der Waals surface area contributed by atoms with Gasteiger partial charge in [0.2, 0.25) is 10.0 Å². The molecule has 17 heavy (non-hydrogen) atoms. The summed E-state index contributed by atoms with van der Waals surface area (Å²) in [5.41, 5.74) is 6.01. The van der Waals surface area contributed by atoms with E-state index in [4.69, 9.17) is 11.0 Å². The molecular weight excluding hydrogens is 238 g/mol. The predicted octanol–water partition coefficient (Wildman–Crippen LogP) is 0.923. The smallest absolute Gasteiger partial charge is 0.244 e. The number of nitrogens with zero attached hydrogens (tertiary/aromatic N) is 2. The summed E-state index contributed by atoms with van der Waals surface area (Å²) in [5.74, 6) is 0. The predicted molar refractivity (Wildman–Crippen MR) is 63.5 cm³/mol. The van der Waals surface area contributed by atoms with Gasteiger partial charge in [-0.1, -0.05) is 0 Å². The molecule has 2 rings (SSSR count). The third-order valence-electron chi connectivity index (χ3n) is 2.84. The number of hydrogen-bond donors (Lipinski definition) is 1. The van der Waals surface area contributed by atoms with Crippen LogP contribution in [0.1, 0.15) is 18.4 Å². The zero-order chi connectivity index (χ0) is 12.6. The Bertz CT molecular complexity index is 585. The highest BCUT2D eigenvalue weighted by atomic mass is 32.2. The number of rotatable bonds is 3. The van der Waals surface area contributed by atoms with Gasteiger partial charge >= 0.3 is 0 Å². The van der Waals surface area contributed by atoms with E-state index in [2.05, 4.69) is 0 Å². The number of nitriles is 1. The quantitative estimate of drug-likeness (QED) is 0.809. The van der Waals surface area contributed by atoms with Crippen molar-refractivity contribution in [3.63, 3.8) is 0 Å². The molecule has 0 heterocycles. The second-order valence-electron chi connectivity index (χ2n) is 4.12. The fourth-order valence-electron chi connectivity index (χ4n) is 1.65. The maximum Gasteiger partial charge on any atom is 0.244 e. The average Bonchev–Trinajstić information content (AvgIpc) is 3.11. The molecule has 0 aromatic heterocycles. The van der Waals surface area contributed by atoms with Gasteiger partial charge in [-0.05, 0) is 31.0 Å². The molecule has 90 valence electrons. The van der Waals surface area contributed by atoms with E-state index in [0.29, 0.717) is 5.69 Å². The summed E-state index contributed by atoms with van der Waals surface area (Å²) in [6.07, 6.45) is 1.76. The van der Waals surface area contributed by atoms with Gasteiger partial charge in [-0.2, -0.15) is 9.57 Å². The molecular formula is C11H13N3O2S. The Hall–Kier alpha value is -1.58. The molecule has 0 amide bonds. The maximum atomic E-state index is 12.2. The van der Waals surface area contributed by atoms with Gasteiger partial charge in [0.15, 0.2) is 0 Å². The second-order valence-corrected chi connectivity index (χ2v) is 6.09. The highest BCUT2D eigenvalue weighted by molar-refractivity contribution is 7.89. The van der Waals surface area contributed by atoms with Crippen LogP contribution in [0.2, 0.25) is 0 Å². The van der Waals surface area contributed by atoms with Gasteiger partial charge in [-0.15, -0.1) is 0 Å². The van der Waals surface area contributed by atoms with Crippen LogP contribution in [0.15, 0.2) is 23.1 Å². The number of nitrogens with two attached hydrogens (primary N) is 1. The van der Waals surface area contributed by atoms with Crippen LogP contribution in [0.3, 0.4) is 0 Å². The fourth-order valence-corrected chi connectivity index (χ4v) is 3.19. The van der Waals surface area contributed by atoms with Crippen molar-refractivity contribution in [2.45, 2.75) is 23.8 Å². The minimum absolute atomic E-state index is 0.0311. The zero-order valence-corrected chi connectivity index (χ0v) is 10.2. The standard InChI is InChI=1S/C11H13N3O2S/c1-14(10-3-4-10)17(15,16)11-5-2-9(13)6-8(11)7-12/h2,5-6,10H,3-4,13H2,1H3. The largest absolute Gasteiger partial charge is 0.399 e. The zero-order valence-electron chi connectivity index (χ0n) is 9.42. The Morgan fingerprint density at radius 3 is 2.65 bits per heavy atom. The summed E-state index contributed by atoms with van der Waals surface area (Å²) < 4.78 is 25.8. The van der Waals surface area contributed by atoms with Crippen LogP contribution in [-0.2, 0) is 10.0 Å². The first-order valence-corrected chi connectivity index (χ1v) is 6.68. The fraction of sp³-hybridized carbons (Fsp3) is 0.364. The summed E-state index contributed by atoms with van der Waals surface area (Å²) in [4.78, 5) is 0.0311. The van der Waals surface area contributed by atoms with E-state index in [-0.39, 0.29) is 16.5 Å². The molecule has 0 aliphatic heterocycles. The Balaban J connectivity index is 2.49. The van der Waals surface area contributed by atoms with E-state index in [9.17, 15) is 8.42 Å². The lowest BCUT2D eigenvalue weighted by Crippen LogP contribution is -2.29. The van der Waals surface area contributed by atoms with Crippen LogP contribution in [0.25, 0.3) is 0 Å². The molecule has 0 saturated heterocycles. The summed E-state index contributed by atoms with van der Waals surface area (Å²) >= 11 is 0. The molecule has 0 unspecified atom stereocenters. The topological polar surface area (TPSA) is 87.2 Å². The molecule has 0 spiro atoms. The van der Waals surface area contributed by atoms with E-state index in [1.54, 1.807) is 7.05 Å². The van der Waals surface area contributed by atoms with Crippen molar-refractivity contribution in [2.75, 3.05) is 12.8 Å². The first-order chi connectivity index (χ1) is 7.96. The molecule has 6 heteroatoms. The first kappa shape index (κ1) is 11.9. The van der Waals surface area contributed by atoms with E-state index >= 15 is 0 Å². The van der Waals surface area contributed by atoms with Gasteiger partial charge < -0.3 is 5.73 Å². The normalized spacial score (nSPS) is 15.8. The van der Waals surface area contributed by atoms with Gasteiger partial charge in [0, 0.05) is 18.8 Å². The second kappa shape index (κ2) is 4.02. The van der Waals surface area contributed by atoms with Crippen LogP contribution < -0.4 is 5.73 Å². The molecule has 1 aliphatic carbocycles. The number of sulfonamides is 1. The van der Waals surface area contributed by atoms with Gasteiger partial charge in [-0.3, -0.25) is 0 Å². The first-order valence-electron chi connectivity index (χ1n) is 5.24. The van der Waals surface area contributed by atoms with Crippen LogP contribution in [-0.4, -0.2) is 25.8 Å². The maximum absolute atomic E-state index is 12.2. The molecule has 0 atom stereocenters. The van der Waals surface area contributed by atoms with E-state index in [1.165, 1.54) is 22.5 Å². The van der Waals surface area contributed by atoms with Crippen molar-refractivity contribution < 1.29 is 8.42 Å². The lowest BCUT2D eigenvalue weighted by Gasteiger charge is -2.17. The lowest BCUT2D eigenvalue weighted by molar-refractivity contribution is 0.464. The van der Waals surface area contributed by atoms with Crippen LogP contribution >= 0.6 is 0 Å². The number of hydrogen-bond acceptors (Lipinski definition) is 4. The van der Waals surface area contributed by atoms with Gasteiger partial charge in [0.25, 0.3) is 0 Å². The van der Waals surface area contributed by atoms with E-state index < -0.39 is 10.0 Å². The number of nitrogen functional groups attached to an aromatic ring is 1. The van der Waals surface area contributed by atoms with Gasteiger partial charge in [0.05, 0.1) is 5.56 Å². The van der Waals surface area contributed by atoms with Gasteiger partial charge in [-0.25, -0.2) is 8.42 Å². The highest BCUT2D eigenvalue weighted by Crippen LogP contribution is 2.31. The molecule has 0 radical (unpaired) electrons. The van der Waals surface area contributed by atoms with E-state index in [0.717, 1.165) is 12.8 Å². The minimum atomic E-state index is -3.58. The van der Waals surface area contributed by atoms with Crippen LogP contribution in [0.5, 0.6) is 0 Å². The average molecular weight is 251 g/mol. The third kappa shape index (κ3) is 2.12. The van der Waals surface area contributed by atoms with Crippen molar-refractivity contribution in [2.24, 2.45) is 0 Å². The Kier molecular flexibility index (Phi) is 2.81. The molecule has 0 bridgehead atoms. The molecule has 1 aliphatic rings. The Morgan fingerprint density at radius 1 is 1.47 bits per heavy atom. The lowest BCUT2D eigenvalue weighted by atomic mass is 10.2.